The lowest BCUT2D eigenvalue weighted by atomic mass is 10.2. The van der Waals surface area contributed by atoms with E-state index in [0.717, 1.165) is 23.9 Å². The van der Waals surface area contributed by atoms with Crippen LogP contribution in [0.1, 0.15) is 39.5 Å². The van der Waals surface area contributed by atoms with E-state index in [1.165, 1.54) is 12.8 Å². The first-order valence-electron chi connectivity index (χ1n) is 8.64. The summed E-state index contributed by atoms with van der Waals surface area (Å²) in [6.07, 6.45) is 4.57. The maximum atomic E-state index is 12.8. The van der Waals surface area contributed by atoms with Gasteiger partial charge in [0.25, 0.3) is 0 Å². The molecule has 1 aromatic carbocycles. The minimum atomic E-state index is -0.0930. The number of hydrogen-bond donors (Lipinski definition) is 0. The third kappa shape index (κ3) is 2.80. The number of rotatable bonds is 5. The second-order valence-corrected chi connectivity index (χ2v) is 6.22. The summed E-state index contributed by atoms with van der Waals surface area (Å²) >= 11 is 0. The zero-order valence-electron chi connectivity index (χ0n) is 14.0. The van der Waals surface area contributed by atoms with Crippen LogP contribution in [0, 0.1) is 0 Å². The average molecular weight is 315 g/mol. The highest BCUT2D eigenvalue weighted by Crippen LogP contribution is 2.23. The minimum absolute atomic E-state index is 0.0560. The molecule has 0 saturated heterocycles. The predicted molar refractivity (Wildman–Crippen MR) is 91.5 cm³/mol. The molecule has 1 aliphatic rings. The van der Waals surface area contributed by atoms with Crippen LogP contribution in [-0.2, 0) is 17.9 Å². The Kier molecular flexibility index (Phi) is 4.55. The lowest BCUT2D eigenvalue weighted by molar-refractivity contribution is -0.133. The van der Waals surface area contributed by atoms with Crippen molar-refractivity contribution in [1.29, 1.82) is 0 Å². The Morgan fingerprint density at radius 2 is 1.74 bits per heavy atom. The molecule has 2 aromatic rings. The Hall–Kier alpha value is -2.04. The molecule has 23 heavy (non-hydrogen) atoms. The number of carbonyl (C=O) groups excluding carboxylic acids is 1. The van der Waals surface area contributed by atoms with E-state index < -0.39 is 0 Å². The third-order valence-electron chi connectivity index (χ3n) is 4.96. The molecule has 5 heteroatoms. The van der Waals surface area contributed by atoms with Crippen molar-refractivity contribution in [3.8, 4) is 0 Å². The number of nitrogens with zero attached hydrogens (tertiary/aromatic N) is 3. The maximum absolute atomic E-state index is 12.8. The first-order chi connectivity index (χ1) is 11.2. The molecule has 1 heterocycles. The minimum Gasteiger partial charge on any atom is -0.338 e. The van der Waals surface area contributed by atoms with Crippen molar-refractivity contribution in [2.24, 2.45) is 0 Å². The van der Waals surface area contributed by atoms with E-state index in [1.807, 2.05) is 43.0 Å². The van der Waals surface area contributed by atoms with Crippen molar-refractivity contribution in [3.63, 3.8) is 0 Å². The summed E-state index contributed by atoms with van der Waals surface area (Å²) in [6, 6.07) is 8.05. The molecule has 0 aliphatic heterocycles. The molecule has 0 N–H and O–H groups in total. The van der Waals surface area contributed by atoms with Gasteiger partial charge in [0.1, 0.15) is 6.54 Å². The summed E-state index contributed by atoms with van der Waals surface area (Å²) in [4.78, 5) is 27.4. The highest BCUT2D eigenvalue weighted by molar-refractivity contribution is 5.81. The van der Waals surface area contributed by atoms with Crippen LogP contribution < -0.4 is 5.69 Å². The van der Waals surface area contributed by atoms with Gasteiger partial charge in [-0.2, -0.15) is 0 Å². The van der Waals surface area contributed by atoms with Gasteiger partial charge in [-0.15, -0.1) is 0 Å². The Morgan fingerprint density at radius 1 is 1.13 bits per heavy atom. The van der Waals surface area contributed by atoms with Crippen LogP contribution in [0.5, 0.6) is 0 Å². The van der Waals surface area contributed by atoms with Crippen LogP contribution >= 0.6 is 0 Å². The molecule has 5 nitrogen and oxygen atoms in total. The summed E-state index contributed by atoms with van der Waals surface area (Å²) < 4.78 is 3.35. The molecular formula is C18H25N3O2. The van der Waals surface area contributed by atoms with Gasteiger partial charge in [0, 0.05) is 19.1 Å². The number of carbonyl (C=O) groups is 1. The van der Waals surface area contributed by atoms with E-state index in [9.17, 15) is 9.59 Å². The first kappa shape index (κ1) is 15.8. The van der Waals surface area contributed by atoms with Gasteiger partial charge in [-0.25, -0.2) is 4.79 Å². The second-order valence-electron chi connectivity index (χ2n) is 6.22. The van der Waals surface area contributed by atoms with Crippen LogP contribution in [0.15, 0.2) is 29.1 Å². The molecule has 3 rings (SSSR count). The van der Waals surface area contributed by atoms with Crippen molar-refractivity contribution in [2.45, 2.75) is 58.7 Å². The molecular weight excluding hydrogens is 290 g/mol. The molecule has 0 atom stereocenters. The number of benzene rings is 1. The van der Waals surface area contributed by atoms with E-state index in [1.54, 1.807) is 9.13 Å². The summed E-state index contributed by atoms with van der Waals surface area (Å²) in [5.74, 6) is 0.0560. The SMILES string of the molecule is CCN(C(=O)Cn1c(=O)n(CC)c2ccccc21)C1CCCC1. The molecule has 1 amide bonds. The Labute approximate surface area is 136 Å². The zero-order valence-corrected chi connectivity index (χ0v) is 14.0. The van der Waals surface area contributed by atoms with Crippen LogP contribution in [0.2, 0.25) is 0 Å². The normalized spacial score (nSPS) is 15.4. The molecule has 1 fully saturated rings. The Morgan fingerprint density at radius 3 is 2.30 bits per heavy atom. The maximum Gasteiger partial charge on any atom is 0.329 e. The highest BCUT2D eigenvalue weighted by Gasteiger charge is 2.26. The molecule has 1 saturated carbocycles. The van der Waals surface area contributed by atoms with E-state index >= 15 is 0 Å². The lowest BCUT2D eigenvalue weighted by Gasteiger charge is -2.27. The zero-order chi connectivity index (χ0) is 16.4. The number of aryl methyl sites for hydroxylation is 1. The lowest BCUT2D eigenvalue weighted by Crippen LogP contribution is -2.42. The van der Waals surface area contributed by atoms with Gasteiger partial charge in [-0.05, 0) is 38.8 Å². The van der Waals surface area contributed by atoms with Crippen molar-refractivity contribution >= 4 is 16.9 Å². The summed E-state index contributed by atoms with van der Waals surface area (Å²) in [7, 11) is 0. The number of para-hydroxylation sites is 2. The molecule has 124 valence electrons. The van der Waals surface area contributed by atoms with Crippen molar-refractivity contribution < 1.29 is 4.79 Å². The molecule has 0 spiro atoms. The largest absolute Gasteiger partial charge is 0.338 e. The number of imidazole rings is 1. The standard InChI is InChI=1S/C18H25N3O2/c1-3-19(14-9-5-6-10-14)17(22)13-21-16-12-8-7-11-15(16)20(4-2)18(21)23/h7-8,11-12,14H,3-6,9-10,13H2,1-2H3. The molecule has 0 bridgehead atoms. The predicted octanol–water partition coefficient (Wildman–Crippen LogP) is 2.61. The van der Waals surface area contributed by atoms with E-state index in [2.05, 4.69) is 0 Å². The van der Waals surface area contributed by atoms with E-state index in [4.69, 9.17) is 0 Å². The Balaban J connectivity index is 1.93. The summed E-state index contributed by atoms with van der Waals surface area (Å²) in [5.41, 5.74) is 1.65. The van der Waals surface area contributed by atoms with Crippen LogP contribution in [0.25, 0.3) is 11.0 Å². The fourth-order valence-corrected chi connectivity index (χ4v) is 3.81. The quantitative estimate of drug-likeness (QED) is 0.851. The van der Waals surface area contributed by atoms with Crippen molar-refractivity contribution in [3.05, 3.63) is 34.7 Å². The smallest absolute Gasteiger partial charge is 0.329 e. The van der Waals surface area contributed by atoms with Gasteiger partial charge in [-0.1, -0.05) is 25.0 Å². The van der Waals surface area contributed by atoms with E-state index in [-0.39, 0.29) is 18.1 Å². The van der Waals surface area contributed by atoms with Gasteiger partial charge >= 0.3 is 5.69 Å². The van der Waals surface area contributed by atoms with Crippen LogP contribution in [0.3, 0.4) is 0 Å². The number of likely N-dealkylation sites (N-methyl/N-ethyl adjacent to an activating group) is 1. The van der Waals surface area contributed by atoms with Gasteiger partial charge in [0.05, 0.1) is 11.0 Å². The fourth-order valence-electron chi connectivity index (χ4n) is 3.81. The van der Waals surface area contributed by atoms with Crippen molar-refractivity contribution in [2.75, 3.05) is 6.54 Å². The molecule has 1 aromatic heterocycles. The van der Waals surface area contributed by atoms with Gasteiger partial charge < -0.3 is 4.90 Å². The first-order valence-corrected chi connectivity index (χ1v) is 8.64. The Bertz CT molecular complexity index is 753. The molecule has 0 unspecified atom stereocenters. The number of amides is 1. The summed E-state index contributed by atoms with van der Waals surface area (Å²) in [5, 5.41) is 0. The van der Waals surface area contributed by atoms with Crippen molar-refractivity contribution in [1.82, 2.24) is 14.0 Å². The highest BCUT2D eigenvalue weighted by atomic mass is 16.2. The number of aromatic nitrogens is 2. The average Bonchev–Trinajstić information content (AvgIpc) is 3.16. The third-order valence-corrected chi connectivity index (χ3v) is 4.96. The van der Waals surface area contributed by atoms with Crippen LogP contribution in [0.4, 0.5) is 0 Å². The summed E-state index contributed by atoms with van der Waals surface area (Å²) in [6.45, 7) is 5.44. The van der Waals surface area contributed by atoms with Gasteiger partial charge in [-0.3, -0.25) is 13.9 Å². The van der Waals surface area contributed by atoms with Crippen LogP contribution in [-0.4, -0.2) is 32.5 Å². The van der Waals surface area contributed by atoms with Gasteiger partial charge in [0.15, 0.2) is 0 Å². The molecule has 1 aliphatic carbocycles. The van der Waals surface area contributed by atoms with Gasteiger partial charge in [0.2, 0.25) is 5.91 Å². The topological polar surface area (TPSA) is 47.2 Å². The molecule has 0 radical (unpaired) electrons. The number of hydrogen-bond acceptors (Lipinski definition) is 2. The monoisotopic (exact) mass is 315 g/mol. The van der Waals surface area contributed by atoms with E-state index in [0.29, 0.717) is 19.1 Å². The second kappa shape index (κ2) is 6.60. The number of fused-ring (bicyclic) bond motifs is 1. The fraction of sp³-hybridized carbons (Fsp3) is 0.556.